The number of hydrogen-bond acceptors (Lipinski definition) is 2. The van der Waals surface area contributed by atoms with Crippen LogP contribution in [-0.4, -0.2) is 23.8 Å². The van der Waals surface area contributed by atoms with Gasteiger partial charge in [-0.15, -0.1) is 12.3 Å². The zero-order chi connectivity index (χ0) is 11.1. The molecule has 0 aliphatic heterocycles. The summed E-state index contributed by atoms with van der Waals surface area (Å²) in [5.41, 5.74) is -0.456. The van der Waals surface area contributed by atoms with Gasteiger partial charge in [-0.1, -0.05) is 6.92 Å². The molecular weight excluding hydrogens is 186 g/mol. The van der Waals surface area contributed by atoms with Gasteiger partial charge < -0.3 is 10.4 Å². The van der Waals surface area contributed by atoms with Gasteiger partial charge in [0, 0.05) is 13.0 Å². The average Bonchev–Trinajstić information content (AvgIpc) is 2.23. The number of terminal acetylenes is 1. The summed E-state index contributed by atoms with van der Waals surface area (Å²) >= 11 is 0. The molecule has 1 rings (SSSR count). The van der Waals surface area contributed by atoms with Crippen LogP contribution in [0.15, 0.2) is 0 Å². The molecule has 0 aromatic rings. The second-order valence-electron chi connectivity index (χ2n) is 4.89. The lowest BCUT2D eigenvalue weighted by atomic mass is 9.79. The van der Waals surface area contributed by atoms with E-state index < -0.39 is 5.60 Å². The first-order chi connectivity index (χ1) is 7.16. The maximum atomic E-state index is 10.2. The third-order valence-electron chi connectivity index (χ3n) is 3.33. The molecule has 1 aliphatic rings. The molecule has 0 atom stereocenters. The van der Waals surface area contributed by atoms with E-state index >= 15 is 0 Å². The molecular formula is C13H23NO. The van der Waals surface area contributed by atoms with Crippen molar-refractivity contribution in [1.29, 1.82) is 0 Å². The summed E-state index contributed by atoms with van der Waals surface area (Å²) in [5.74, 6) is 3.40. The molecule has 15 heavy (non-hydrogen) atoms. The summed E-state index contributed by atoms with van der Waals surface area (Å²) in [7, 11) is 0. The Balaban J connectivity index is 2.12. The quantitative estimate of drug-likeness (QED) is 0.535. The molecule has 1 saturated carbocycles. The van der Waals surface area contributed by atoms with Crippen LogP contribution in [0.1, 0.15) is 45.4 Å². The second-order valence-corrected chi connectivity index (χ2v) is 4.89. The van der Waals surface area contributed by atoms with Gasteiger partial charge in [0.15, 0.2) is 0 Å². The lowest BCUT2D eigenvalue weighted by Crippen LogP contribution is -2.43. The number of rotatable bonds is 5. The molecule has 2 N–H and O–H groups in total. The zero-order valence-electron chi connectivity index (χ0n) is 9.76. The fraction of sp³-hybridized carbons (Fsp3) is 0.846. The number of hydrogen-bond donors (Lipinski definition) is 2. The summed E-state index contributed by atoms with van der Waals surface area (Å²) in [4.78, 5) is 0. The van der Waals surface area contributed by atoms with E-state index in [1.807, 2.05) is 0 Å². The summed E-state index contributed by atoms with van der Waals surface area (Å²) in [6.45, 7) is 3.91. The smallest absolute Gasteiger partial charge is 0.0771 e. The SMILES string of the molecule is C#CCCCNCC1(O)CCC(C)CC1. The van der Waals surface area contributed by atoms with Crippen LogP contribution in [0.5, 0.6) is 0 Å². The molecule has 0 spiro atoms. The highest BCUT2D eigenvalue weighted by atomic mass is 16.3. The lowest BCUT2D eigenvalue weighted by Gasteiger charge is -2.35. The van der Waals surface area contributed by atoms with Gasteiger partial charge in [0.1, 0.15) is 0 Å². The van der Waals surface area contributed by atoms with Crippen molar-refractivity contribution in [3.63, 3.8) is 0 Å². The third kappa shape index (κ3) is 4.68. The van der Waals surface area contributed by atoms with Crippen molar-refractivity contribution >= 4 is 0 Å². The fourth-order valence-electron chi connectivity index (χ4n) is 2.11. The van der Waals surface area contributed by atoms with Gasteiger partial charge in [-0.2, -0.15) is 0 Å². The van der Waals surface area contributed by atoms with Gasteiger partial charge in [-0.25, -0.2) is 0 Å². The highest BCUT2D eigenvalue weighted by Crippen LogP contribution is 2.31. The van der Waals surface area contributed by atoms with E-state index in [1.54, 1.807) is 0 Å². The summed E-state index contributed by atoms with van der Waals surface area (Å²) < 4.78 is 0. The maximum absolute atomic E-state index is 10.2. The van der Waals surface area contributed by atoms with Crippen LogP contribution < -0.4 is 5.32 Å². The van der Waals surface area contributed by atoms with Gasteiger partial charge in [-0.05, 0) is 44.6 Å². The van der Waals surface area contributed by atoms with E-state index in [0.717, 1.165) is 57.5 Å². The first-order valence-corrected chi connectivity index (χ1v) is 6.03. The molecule has 1 aliphatic carbocycles. The van der Waals surface area contributed by atoms with E-state index in [0.29, 0.717) is 0 Å². The Bertz CT molecular complexity index is 211. The van der Waals surface area contributed by atoms with Crippen molar-refractivity contribution in [3.05, 3.63) is 0 Å². The molecule has 0 aromatic carbocycles. The molecule has 0 radical (unpaired) electrons. The van der Waals surface area contributed by atoms with Crippen LogP contribution in [0, 0.1) is 18.3 Å². The first kappa shape index (κ1) is 12.5. The van der Waals surface area contributed by atoms with E-state index in [1.165, 1.54) is 0 Å². The number of unbranched alkanes of at least 4 members (excludes halogenated alkanes) is 1. The van der Waals surface area contributed by atoms with Crippen LogP contribution in [0.25, 0.3) is 0 Å². The van der Waals surface area contributed by atoms with Crippen molar-refractivity contribution in [2.45, 2.75) is 51.0 Å². The minimum atomic E-state index is -0.456. The predicted octanol–water partition coefficient (Wildman–Crippen LogP) is 1.93. The largest absolute Gasteiger partial charge is 0.389 e. The summed E-state index contributed by atoms with van der Waals surface area (Å²) in [5, 5.41) is 13.5. The fourth-order valence-corrected chi connectivity index (χ4v) is 2.11. The molecule has 0 aromatic heterocycles. The van der Waals surface area contributed by atoms with Crippen molar-refractivity contribution in [1.82, 2.24) is 5.32 Å². The monoisotopic (exact) mass is 209 g/mol. The van der Waals surface area contributed by atoms with Crippen LogP contribution >= 0.6 is 0 Å². The molecule has 0 heterocycles. The molecule has 0 bridgehead atoms. The highest BCUT2D eigenvalue weighted by molar-refractivity contribution is 4.87. The van der Waals surface area contributed by atoms with Gasteiger partial charge in [0.05, 0.1) is 5.60 Å². The van der Waals surface area contributed by atoms with Crippen molar-refractivity contribution in [3.8, 4) is 12.3 Å². The molecule has 0 saturated heterocycles. The first-order valence-electron chi connectivity index (χ1n) is 6.03. The Hall–Kier alpha value is -0.520. The van der Waals surface area contributed by atoms with Gasteiger partial charge in [-0.3, -0.25) is 0 Å². The molecule has 0 unspecified atom stereocenters. The minimum absolute atomic E-state index is 0.456. The normalized spacial score (nSPS) is 31.1. The van der Waals surface area contributed by atoms with Crippen molar-refractivity contribution in [2.24, 2.45) is 5.92 Å². The molecule has 86 valence electrons. The second kappa shape index (κ2) is 6.15. The van der Waals surface area contributed by atoms with Crippen molar-refractivity contribution in [2.75, 3.05) is 13.1 Å². The number of aliphatic hydroxyl groups is 1. The molecule has 1 fully saturated rings. The summed E-state index contributed by atoms with van der Waals surface area (Å²) in [6, 6.07) is 0. The van der Waals surface area contributed by atoms with E-state index in [4.69, 9.17) is 6.42 Å². The molecule has 2 heteroatoms. The van der Waals surface area contributed by atoms with E-state index in [9.17, 15) is 5.11 Å². The topological polar surface area (TPSA) is 32.3 Å². The minimum Gasteiger partial charge on any atom is -0.389 e. The maximum Gasteiger partial charge on any atom is 0.0771 e. The molecule has 2 nitrogen and oxygen atoms in total. The zero-order valence-corrected chi connectivity index (χ0v) is 9.76. The van der Waals surface area contributed by atoms with Crippen LogP contribution in [-0.2, 0) is 0 Å². The van der Waals surface area contributed by atoms with Crippen LogP contribution in [0.2, 0.25) is 0 Å². The van der Waals surface area contributed by atoms with Gasteiger partial charge in [0.25, 0.3) is 0 Å². The van der Waals surface area contributed by atoms with E-state index in [-0.39, 0.29) is 0 Å². The Labute approximate surface area is 93.5 Å². The highest BCUT2D eigenvalue weighted by Gasteiger charge is 2.30. The van der Waals surface area contributed by atoms with Gasteiger partial charge in [0.2, 0.25) is 0 Å². The number of nitrogens with one attached hydrogen (secondary N) is 1. The van der Waals surface area contributed by atoms with Gasteiger partial charge >= 0.3 is 0 Å². The Morgan fingerprint density at radius 3 is 2.73 bits per heavy atom. The lowest BCUT2D eigenvalue weighted by molar-refractivity contribution is -0.00591. The molecule has 0 amide bonds. The predicted molar refractivity (Wildman–Crippen MR) is 63.5 cm³/mol. The Morgan fingerprint density at radius 2 is 2.13 bits per heavy atom. The Morgan fingerprint density at radius 1 is 1.47 bits per heavy atom. The average molecular weight is 209 g/mol. The van der Waals surface area contributed by atoms with E-state index in [2.05, 4.69) is 18.2 Å². The summed E-state index contributed by atoms with van der Waals surface area (Å²) in [6.07, 6.45) is 11.2. The Kier molecular flexibility index (Phi) is 5.14. The van der Waals surface area contributed by atoms with Crippen molar-refractivity contribution < 1.29 is 5.11 Å². The van der Waals surface area contributed by atoms with Crippen LogP contribution in [0.3, 0.4) is 0 Å². The standard InChI is InChI=1S/C13H23NO/c1-3-4-5-10-14-11-13(15)8-6-12(2)7-9-13/h1,12,14-15H,4-11H2,2H3. The third-order valence-corrected chi connectivity index (χ3v) is 3.33. The van der Waals surface area contributed by atoms with Crippen LogP contribution in [0.4, 0.5) is 0 Å².